The maximum absolute atomic E-state index is 12.7. The largest absolute Gasteiger partial charge is 0.373 e. The number of aryl methyl sites for hydroxylation is 1. The van der Waals surface area contributed by atoms with E-state index < -0.39 is 0 Å². The van der Waals surface area contributed by atoms with Crippen LogP contribution in [0.15, 0.2) is 6.20 Å². The number of amides is 1. The van der Waals surface area contributed by atoms with Gasteiger partial charge in [0.05, 0.1) is 30.5 Å². The molecule has 0 saturated carbocycles. The minimum atomic E-state index is 0.187. The van der Waals surface area contributed by atoms with Crippen molar-refractivity contribution in [2.45, 2.75) is 51.4 Å². The van der Waals surface area contributed by atoms with Crippen LogP contribution in [0.3, 0.4) is 0 Å². The first kappa shape index (κ1) is 16.4. The molecular weight excluding hydrogens is 294 g/mol. The molecule has 3 unspecified atom stereocenters. The van der Waals surface area contributed by atoms with Gasteiger partial charge in [-0.2, -0.15) is 0 Å². The van der Waals surface area contributed by atoms with E-state index in [1.165, 1.54) is 0 Å². The molecule has 0 aliphatic carbocycles. The maximum atomic E-state index is 12.7. The fourth-order valence-corrected chi connectivity index (χ4v) is 3.81. The molecule has 0 N–H and O–H groups in total. The van der Waals surface area contributed by atoms with E-state index in [2.05, 4.69) is 34.0 Å². The summed E-state index contributed by atoms with van der Waals surface area (Å²) in [6.45, 7) is 7.96. The van der Waals surface area contributed by atoms with E-state index in [9.17, 15) is 4.79 Å². The highest BCUT2D eigenvalue weighted by molar-refractivity contribution is 5.78. The second kappa shape index (κ2) is 6.97. The summed E-state index contributed by atoms with van der Waals surface area (Å²) < 4.78 is 7.47. The third-order valence-corrected chi connectivity index (χ3v) is 4.80. The van der Waals surface area contributed by atoms with E-state index >= 15 is 0 Å². The molecule has 128 valence electrons. The molecule has 1 aromatic heterocycles. The third-order valence-electron chi connectivity index (χ3n) is 4.80. The van der Waals surface area contributed by atoms with Crippen molar-refractivity contribution >= 4 is 5.91 Å². The van der Waals surface area contributed by atoms with E-state index in [1.54, 1.807) is 10.9 Å². The summed E-state index contributed by atoms with van der Waals surface area (Å²) in [6, 6.07) is 0.321. The van der Waals surface area contributed by atoms with Crippen LogP contribution < -0.4 is 0 Å². The molecule has 0 bridgehead atoms. The third kappa shape index (κ3) is 3.90. The summed E-state index contributed by atoms with van der Waals surface area (Å²) in [6.07, 6.45) is 4.78. The summed E-state index contributed by atoms with van der Waals surface area (Å²) in [5.74, 6) is 0.187. The minimum absolute atomic E-state index is 0.187. The molecule has 0 aromatic carbocycles. The predicted molar refractivity (Wildman–Crippen MR) is 85.9 cm³/mol. The van der Waals surface area contributed by atoms with Crippen molar-refractivity contribution in [3.63, 3.8) is 0 Å². The quantitative estimate of drug-likeness (QED) is 0.806. The van der Waals surface area contributed by atoms with Crippen molar-refractivity contribution in [2.24, 2.45) is 7.05 Å². The molecule has 1 aromatic rings. The molecule has 0 spiro atoms. The molecule has 7 nitrogen and oxygen atoms in total. The first-order valence-electron chi connectivity index (χ1n) is 8.53. The van der Waals surface area contributed by atoms with Gasteiger partial charge in [-0.3, -0.25) is 14.4 Å². The lowest BCUT2D eigenvalue weighted by molar-refractivity contribution is -0.132. The Morgan fingerprint density at radius 3 is 2.74 bits per heavy atom. The average Bonchev–Trinajstić information content (AvgIpc) is 3.07. The Morgan fingerprint density at radius 2 is 2.09 bits per heavy atom. The van der Waals surface area contributed by atoms with Crippen LogP contribution in [0.4, 0.5) is 0 Å². The number of hydrogen-bond donors (Lipinski definition) is 0. The smallest absolute Gasteiger partial charge is 0.228 e. The lowest BCUT2D eigenvalue weighted by Crippen LogP contribution is -2.51. The Hall–Kier alpha value is -1.47. The average molecular weight is 321 g/mol. The van der Waals surface area contributed by atoms with Crippen molar-refractivity contribution in [3.05, 3.63) is 11.9 Å². The summed E-state index contributed by atoms with van der Waals surface area (Å²) in [5.41, 5.74) is 0.870. The zero-order valence-electron chi connectivity index (χ0n) is 14.3. The number of nitrogens with zero attached hydrogens (tertiary/aromatic N) is 5. The zero-order valence-corrected chi connectivity index (χ0v) is 14.3. The lowest BCUT2D eigenvalue weighted by Gasteiger charge is -2.38. The molecule has 2 aliphatic heterocycles. The van der Waals surface area contributed by atoms with E-state index in [-0.39, 0.29) is 18.1 Å². The van der Waals surface area contributed by atoms with E-state index in [1.807, 2.05) is 7.05 Å². The second-order valence-electron chi connectivity index (χ2n) is 6.88. The van der Waals surface area contributed by atoms with E-state index in [0.29, 0.717) is 12.5 Å². The molecule has 2 fully saturated rings. The normalized spacial score (nSPS) is 29.2. The highest BCUT2D eigenvalue weighted by Gasteiger charge is 2.32. The van der Waals surface area contributed by atoms with Crippen molar-refractivity contribution in [3.8, 4) is 0 Å². The highest BCUT2D eigenvalue weighted by atomic mass is 16.5. The SMILES string of the molecule is CC1CN(CC2CCCN2C(=O)Cc2cnnn2C)CC(C)O1. The van der Waals surface area contributed by atoms with Gasteiger partial charge >= 0.3 is 0 Å². The van der Waals surface area contributed by atoms with Crippen LogP contribution in [0.5, 0.6) is 0 Å². The molecule has 2 aliphatic rings. The van der Waals surface area contributed by atoms with Gasteiger partial charge in [0, 0.05) is 39.3 Å². The topological polar surface area (TPSA) is 63.5 Å². The Balaban J connectivity index is 1.59. The minimum Gasteiger partial charge on any atom is -0.373 e. The van der Waals surface area contributed by atoms with Gasteiger partial charge in [-0.15, -0.1) is 5.10 Å². The Morgan fingerprint density at radius 1 is 1.35 bits per heavy atom. The molecular formula is C16H27N5O2. The Labute approximate surface area is 137 Å². The van der Waals surface area contributed by atoms with Crippen molar-refractivity contribution in [1.82, 2.24) is 24.8 Å². The summed E-state index contributed by atoms with van der Waals surface area (Å²) in [4.78, 5) is 17.2. The van der Waals surface area contributed by atoms with E-state index in [4.69, 9.17) is 4.74 Å². The monoisotopic (exact) mass is 321 g/mol. The van der Waals surface area contributed by atoms with Gasteiger partial charge in [0.1, 0.15) is 0 Å². The van der Waals surface area contributed by atoms with Gasteiger partial charge < -0.3 is 9.64 Å². The standard InChI is InChI=1S/C16H27N5O2/c1-12-9-20(10-13(2)23-12)11-14-5-4-6-21(14)16(22)7-15-8-17-18-19(15)3/h8,12-14H,4-7,9-11H2,1-3H3. The fourth-order valence-electron chi connectivity index (χ4n) is 3.81. The molecule has 0 radical (unpaired) electrons. The first-order chi connectivity index (χ1) is 11.0. The highest BCUT2D eigenvalue weighted by Crippen LogP contribution is 2.21. The van der Waals surface area contributed by atoms with Gasteiger partial charge in [0.2, 0.25) is 5.91 Å². The fraction of sp³-hybridized carbons (Fsp3) is 0.812. The molecule has 1 amide bonds. The first-order valence-corrected chi connectivity index (χ1v) is 8.53. The molecule has 3 rings (SSSR count). The maximum Gasteiger partial charge on any atom is 0.228 e. The molecule has 3 atom stereocenters. The van der Waals surface area contributed by atoms with Crippen LogP contribution in [0.1, 0.15) is 32.4 Å². The number of carbonyl (C=O) groups excluding carboxylic acids is 1. The van der Waals surface area contributed by atoms with Gasteiger partial charge in [-0.1, -0.05) is 5.21 Å². The van der Waals surface area contributed by atoms with E-state index in [0.717, 1.165) is 44.7 Å². The number of ether oxygens (including phenoxy) is 1. The molecule has 7 heteroatoms. The van der Waals surface area contributed by atoms with Crippen LogP contribution in [-0.4, -0.2) is 75.1 Å². The van der Waals surface area contributed by atoms with Gasteiger partial charge in [-0.25, -0.2) is 0 Å². The van der Waals surface area contributed by atoms with Gasteiger partial charge in [0.25, 0.3) is 0 Å². The van der Waals surface area contributed by atoms with Crippen molar-refractivity contribution in [1.29, 1.82) is 0 Å². The molecule has 3 heterocycles. The van der Waals surface area contributed by atoms with Crippen molar-refractivity contribution < 1.29 is 9.53 Å². The number of hydrogen-bond acceptors (Lipinski definition) is 5. The molecule has 23 heavy (non-hydrogen) atoms. The van der Waals surface area contributed by atoms with Crippen molar-refractivity contribution in [2.75, 3.05) is 26.2 Å². The van der Waals surface area contributed by atoms with Crippen LogP contribution >= 0.6 is 0 Å². The van der Waals surface area contributed by atoms with Crippen LogP contribution in [0.2, 0.25) is 0 Å². The number of morpholine rings is 1. The molecule has 2 saturated heterocycles. The van der Waals surface area contributed by atoms with Crippen LogP contribution in [-0.2, 0) is 23.0 Å². The number of rotatable bonds is 4. The Kier molecular flexibility index (Phi) is 4.96. The van der Waals surface area contributed by atoms with Gasteiger partial charge in [-0.05, 0) is 26.7 Å². The second-order valence-corrected chi connectivity index (χ2v) is 6.88. The summed E-state index contributed by atoms with van der Waals surface area (Å²) in [7, 11) is 1.83. The number of aromatic nitrogens is 3. The number of likely N-dealkylation sites (tertiary alicyclic amines) is 1. The summed E-state index contributed by atoms with van der Waals surface area (Å²) >= 11 is 0. The van der Waals surface area contributed by atoms with Gasteiger partial charge in [0.15, 0.2) is 0 Å². The Bertz CT molecular complexity index is 536. The zero-order chi connectivity index (χ0) is 16.4. The lowest BCUT2D eigenvalue weighted by atomic mass is 10.1. The summed E-state index contributed by atoms with van der Waals surface area (Å²) in [5, 5.41) is 7.75. The predicted octanol–water partition coefficient (Wildman–Crippen LogP) is 0.458. The number of carbonyl (C=O) groups is 1. The van der Waals surface area contributed by atoms with Crippen LogP contribution in [0, 0.1) is 0 Å². The van der Waals surface area contributed by atoms with Crippen LogP contribution in [0.25, 0.3) is 0 Å².